The van der Waals surface area contributed by atoms with Crippen LogP contribution in [0.3, 0.4) is 0 Å². The lowest BCUT2D eigenvalue weighted by atomic mass is 10.1. The minimum Gasteiger partial charge on any atom is -0.383 e. The van der Waals surface area contributed by atoms with Crippen LogP contribution in [0.1, 0.15) is 35.6 Å². The zero-order chi connectivity index (χ0) is 25.8. The zero-order valence-corrected chi connectivity index (χ0v) is 19.9. The van der Waals surface area contributed by atoms with E-state index in [1.165, 1.54) is 6.07 Å². The Morgan fingerprint density at radius 3 is 2.58 bits per heavy atom. The number of alkyl halides is 3. The number of hydrogen-bond acceptors (Lipinski definition) is 5. The number of H-pyrrole nitrogens is 1. The molecule has 0 saturated heterocycles. The lowest BCUT2D eigenvalue weighted by Gasteiger charge is -2.24. The highest BCUT2D eigenvalue weighted by Crippen LogP contribution is 2.31. The second kappa shape index (κ2) is 8.51. The van der Waals surface area contributed by atoms with Gasteiger partial charge in [-0.1, -0.05) is 13.8 Å². The van der Waals surface area contributed by atoms with Crippen LogP contribution in [-0.4, -0.2) is 42.1 Å². The molecular formula is C25H24F3N7O. The quantitative estimate of drug-likeness (QED) is 0.361. The largest absolute Gasteiger partial charge is 0.416 e. The van der Waals surface area contributed by atoms with Gasteiger partial charge in [-0.05, 0) is 42.3 Å². The molecule has 36 heavy (non-hydrogen) atoms. The maximum Gasteiger partial charge on any atom is 0.416 e. The zero-order valence-electron chi connectivity index (χ0n) is 19.9. The Morgan fingerprint density at radius 2 is 1.86 bits per heavy atom. The Kier molecular flexibility index (Phi) is 5.57. The number of halogens is 3. The number of nitrogens with zero attached hydrogens (tertiary/aromatic N) is 5. The van der Waals surface area contributed by atoms with Crippen LogP contribution in [0.2, 0.25) is 0 Å². The average molecular weight is 496 g/mol. The number of anilines is 1. The molecule has 1 amide bonds. The third-order valence-electron chi connectivity index (χ3n) is 6.03. The SMILES string of the molecule is CC(C)CN(Cc1nc2ccc(C(F)(F)F)cc2[nH]1)C(=O)c1ccc2nc(N)c3cnn(C)c3c2c1. The van der Waals surface area contributed by atoms with Crippen LogP contribution in [-0.2, 0) is 19.8 Å². The lowest BCUT2D eigenvalue weighted by molar-refractivity contribution is -0.137. The number of aromatic amines is 1. The first kappa shape index (κ1) is 23.6. The minimum atomic E-state index is -4.45. The van der Waals surface area contributed by atoms with E-state index in [1.54, 1.807) is 41.0 Å². The number of fused-ring (bicyclic) bond motifs is 4. The van der Waals surface area contributed by atoms with E-state index in [2.05, 4.69) is 20.1 Å². The van der Waals surface area contributed by atoms with Gasteiger partial charge in [0, 0.05) is 24.5 Å². The molecule has 0 aliphatic heterocycles. The summed E-state index contributed by atoms with van der Waals surface area (Å²) in [7, 11) is 1.80. The number of aromatic nitrogens is 5. The molecule has 0 radical (unpaired) electrons. The maximum atomic E-state index is 13.6. The molecule has 186 valence electrons. The first-order valence-corrected chi connectivity index (χ1v) is 11.4. The summed E-state index contributed by atoms with van der Waals surface area (Å²) >= 11 is 0. The second-order valence-electron chi connectivity index (χ2n) is 9.25. The number of hydrogen-bond donors (Lipinski definition) is 2. The van der Waals surface area contributed by atoms with Gasteiger partial charge >= 0.3 is 6.18 Å². The first-order valence-electron chi connectivity index (χ1n) is 11.4. The molecule has 0 atom stereocenters. The molecule has 8 nitrogen and oxygen atoms in total. The van der Waals surface area contributed by atoms with Gasteiger partial charge in [-0.15, -0.1) is 0 Å². The molecule has 11 heteroatoms. The second-order valence-corrected chi connectivity index (χ2v) is 9.25. The van der Waals surface area contributed by atoms with Gasteiger partial charge in [-0.25, -0.2) is 9.97 Å². The van der Waals surface area contributed by atoms with Crippen molar-refractivity contribution in [3.63, 3.8) is 0 Å². The van der Waals surface area contributed by atoms with Gasteiger partial charge in [0.15, 0.2) is 0 Å². The van der Waals surface area contributed by atoms with Crippen LogP contribution in [0.5, 0.6) is 0 Å². The van der Waals surface area contributed by atoms with Gasteiger partial charge in [0.2, 0.25) is 0 Å². The summed E-state index contributed by atoms with van der Waals surface area (Å²) in [5.74, 6) is 0.697. The summed E-state index contributed by atoms with van der Waals surface area (Å²) < 4.78 is 41.0. The topological polar surface area (TPSA) is 106 Å². The third kappa shape index (κ3) is 4.21. The third-order valence-corrected chi connectivity index (χ3v) is 6.03. The Hall–Kier alpha value is -4.15. The summed E-state index contributed by atoms with van der Waals surface area (Å²) in [6, 6.07) is 8.57. The van der Waals surface area contributed by atoms with E-state index in [9.17, 15) is 18.0 Å². The van der Waals surface area contributed by atoms with Gasteiger partial charge in [-0.2, -0.15) is 18.3 Å². The van der Waals surface area contributed by atoms with Crippen LogP contribution in [0.15, 0.2) is 42.6 Å². The van der Waals surface area contributed by atoms with E-state index >= 15 is 0 Å². The van der Waals surface area contributed by atoms with Crippen molar-refractivity contribution in [1.29, 1.82) is 0 Å². The van der Waals surface area contributed by atoms with Crippen molar-refractivity contribution in [2.45, 2.75) is 26.6 Å². The lowest BCUT2D eigenvalue weighted by Crippen LogP contribution is -2.34. The minimum absolute atomic E-state index is 0.117. The maximum absolute atomic E-state index is 13.6. The average Bonchev–Trinajstić information content (AvgIpc) is 3.40. The van der Waals surface area contributed by atoms with Gasteiger partial charge in [-0.3, -0.25) is 9.48 Å². The molecule has 0 unspecified atom stereocenters. The number of aryl methyl sites for hydroxylation is 1. The molecule has 0 bridgehead atoms. The molecule has 0 aliphatic rings. The monoisotopic (exact) mass is 495 g/mol. The first-order chi connectivity index (χ1) is 17.0. The molecule has 0 aliphatic carbocycles. The number of carbonyl (C=O) groups excluding carboxylic acids is 1. The predicted molar refractivity (Wildman–Crippen MR) is 131 cm³/mol. The fraction of sp³-hybridized carbons (Fsp3) is 0.280. The molecule has 3 heterocycles. The van der Waals surface area contributed by atoms with Crippen LogP contribution >= 0.6 is 0 Å². The number of benzene rings is 2. The van der Waals surface area contributed by atoms with E-state index < -0.39 is 11.7 Å². The van der Waals surface area contributed by atoms with Crippen molar-refractivity contribution in [3.8, 4) is 0 Å². The molecule has 5 aromatic rings. The normalized spacial score (nSPS) is 12.3. The molecule has 0 spiro atoms. The van der Waals surface area contributed by atoms with Crippen molar-refractivity contribution >= 4 is 44.6 Å². The van der Waals surface area contributed by atoms with Crippen LogP contribution in [0.4, 0.5) is 19.0 Å². The number of imidazole rings is 1. The fourth-order valence-corrected chi connectivity index (χ4v) is 4.43. The fourth-order valence-electron chi connectivity index (χ4n) is 4.43. The summed E-state index contributed by atoms with van der Waals surface area (Å²) in [6.45, 7) is 4.52. The van der Waals surface area contributed by atoms with Crippen LogP contribution in [0.25, 0.3) is 32.8 Å². The Balaban J connectivity index is 1.51. The number of amides is 1. The van der Waals surface area contributed by atoms with Crippen LogP contribution < -0.4 is 5.73 Å². The van der Waals surface area contributed by atoms with E-state index in [4.69, 9.17) is 5.73 Å². The van der Waals surface area contributed by atoms with Crippen molar-refractivity contribution in [2.75, 3.05) is 12.3 Å². The Labute approximate surface area is 203 Å². The number of nitrogens with one attached hydrogen (secondary N) is 1. The van der Waals surface area contributed by atoms with Crippen molar-refractivity contribution in [2.24, 2.45) is 13.0 Å². The van der Waals surface area contributed by atoms with Crippen molar-refractivity contribution < 1.29 is 18.0 Å². The van der Waals surface area contributed by atoms with Crippen LogP contribution in [0, 0.1) is 5.92 Å². The van der Waals surface area contributed by atoms with Gasteiger partial charge < -0.3 is 15.6 Å². The smallest absolute Gasteiger partial charge is 0.383 e. The summed E-state index contributed by atoms with van der Waals surface area (Å²) in [4.78, 5) is 27.0. The summed E-state index contributed by atoms with van der Waals surface area (Å²) in [6.07, 6.45) is -2.81. The highest BCUT2D eigenvalue weighted by molar-refractivity contribution is 6.10. The molecule has 3 aromatic heterocycles. The standard InChI is InChI=1S/C25H24F3N7O/c1-13(2)11-35(12-21-31-19-7-5-15(25(26,27)28)9-20(19)32-21)24(36)14-4-6-18-16(8-14)22-17(23(29)33-18)10-30-34(22)3/h4-10,13H,11-12H2,1-3H3,(H2,29,33)(H,31,32). The van der Waals surface area contributed by atoms with Crippen molar-refractivity contribution in [1.82, 2.24) is 29.6 Å². The number of nitrogen functional groups attached to an aromatic ring is 1. The van der Waals surface area contributed by atoms with E-state index in [0.717, 1.165) is 23.0 Å². The highest BCUT2D eigenvalue weighted by Gasteiger charge is 2.31. The van der Waals surface area contributed by atoms with Gasteiger partial charge in [0.05, 0.1) is 45.8 Å². The number of nitrogens with two attached hydrogens (primary N) is 1. The summed E-state index contributed by atoms with van der Waals surface area (Å²) in [5.41, 5.74) is 7.87. The van der Waals surface area contributed by atoms with Gasteiger partial charge in [0.1, 0.15) is 11.6 Å². The molecular weight excluding hydrogens is 471 g/mol. The molecule has 5 rings (SSSR count). The molecule has 0 fully saturated rings. The predicted octanol–water partition coefficient (Wildman–Crippen LogP) is 4.90. The Bertz CT molecular complexity index is 1620. The van der Waals surface area contributed by atoms with E-state index in [1.807, 2.05) is 13.8 Å². The molecule has 0 saturated carbocycles. The summed E-state index contributed by atoms with van der Waals surface area (Å²) in [5, 5.41) is 5.72. The number of rotatable bonds is 5. The van der Waals surface area contributed by atoms with E-state index in [0.29, 0.717) is 40.2 Å². The highest BCUT2D eigenvalue weighted by atomic mass is 19.4. The van der Waals surface area contributed by atoms with Crippen molar-refractivity contribution in [3.05, 3.63) is 59.5 Å². The molecule has 2 aromatic carbocycles. The Morgan fingerprint density at radius 1 is 1.11 bits per heavy atom. The number of pyridine rings is 1. The molecule has 3 N–H and O–H groups in total. The number of carbonyl (C=O) groups is 1. The van der Waals surface area contributed by atoms with Gasteiger partial charge in [0.25, 0.3) is 5.91 Å². The van der Waals surface area contributed by atoms with E-state index in [-0.39, 0.29) is 23.9 Å².